The Morgan fingerprint density at radius 1 is 1.25 bits per heavy atom. The van der Waals surface area contributed by atoms with Gasteiger partial charge in [0, 0.05) is 11.4 Å². The van der Waals surface area contributed by atoms with Crippen molar-refractivity contribution < 1.29 is 9.53 Å². The van der Waals surface area contributed by atoms with Gasteiger partial charge in [-0.1, -0.05) is 12.1 Å². The summed E-state index contributed by atoms with van der Waals surface area (Å²) in [7, 11) is 1.65. The molecule has 0 fully saturated rings. The summed E-state index contributed by atoms with van der Waals surface area (Å²) in [6.45, 7) is 0.651. The molecule has 106 valence electrons. The van der Waals surface area contributed by atoms with Crippen molar-refractivity contribution in [3.05, 3.63) is 50.6 Å². The summed E-state index contributed by atoms with van der Waals surface area (Å²) in [5, 5.41) is 2.94. The Kier molecular flexibility index (Phi) is 5.61. The number of ether oxygens (including phenoxy) is 1. The van der Waals surface area contributed by atoms with Crippen molar-refractivity contribution >= 4 is 33.2 Å². The van der Waals surface area contributed by atoms with Gasteiger partial charge in [-0.3, -0.25) is 4.79 Å². The molecule has 1 aromatic carbocycles. The van der Waals surface area contributed by atoms with Crippen LogP contribution in [0.4, 0.5) is 0 Å². The first-order valence-electron chi connectivity index (χ1n) is 6.31. The van der Waals surface area contributed by atoms with Gasteiger partial charge in [-0.05, 0) is 52.2 Å². The highest BCUT2D eigenvalue weighted by Crippen LogP contribution is 2.22. The van der Waals surface area contributed by atoms with E-state index in [1.54, 1.807) is 18.4 Å². The van der Waals surface area contributed by atoms with Gasteiger partial charge in [0.1, 0.15) is 5.75 Å². The van der Waals surface area contributed by atoms with E-state index < -0.39 is 0 Å². The molecule has 0 saturated carbocycles. The zero-order valence-corrected chi connectivity index (χ0v) is 13.6. The topological polar surface area (TPSA) is 38.3 Å². The number of nitrogens with one attached hydrogen (secondary N) is 1. The lowest BCUT2D eigenvalue weighted by molar-refractivity contribution is -0.120. The van der Waals surface area contributed by atoms with Crippen molar-refractivity contribution in [2.75, 3.05) is 13.7 Å². The molecule has 0 aliphatic rings. The molecule has 0 spiro atoms. The number of halogens is 1. The molecule has 2 rings (SSSR count). The smallest absolute Gasteiger partial charge is 0.225 e. The highest BCUT2D eigenvalue weighted by atomic mass is 79.9. The number of amides is 1. The van der Waals surface area contributed by atoms with Crippen molar-refractivity contribution in [3.8, 4) is 5.75 Å². The molecule has 0 bridgehead atoms. The molecule has 3 nitrogen and oxygen atoms in total. The molecule has 0 radical (unpaired) electrons. The van der Waals surface area contributed by atoms with E-state index in [2.05, 4.69) is 21.2 Å². The molecule has 0 saturated heterocycles. The number of carbonyl (C=O) groups is 1. The highest BCUT2D eigenvalue weighted by molar-refractivity contribution is 9.11. The highest BCUT2D eigenvalue weighted by Gasteiger charge is 2.05. The van der Waals surface area contributed by atoms with Gasteiger partial charge in [0.05, 0.1) is 17.3 Å². The van der Waals surface area contributed by atoms with Gasteiger partial charge < -0.3 is 10.1 Å². The van der Waals surface area contributed by atoms with Gasteiger partial charge in [-0.2, -0.15) is 0 Å². The van der Waals surface area contributed by atoms with Crippen LogP contribution in [0.1, 0.15) is 10.4 Å². The average Bonchev–Trinajstić information content (AvgIpc) is 2.85. The third kappa shape index (κ3) is 4.65. The van der Waals surface area contributed by atoms with Gasteiger partial charge >= 0.3 is 0 Å². The minimum atomic E-state index is 0.0628. The molecule has 2 aromatic rings. The van der Waals surface area contributed by atoms with Crippen LogP contribution < -0.4 is 10.1 Å². The Bertz CT molecular complexity index is 566. The molecule has 0 atom stereocenters. The first-order valence-corrected chi connectivity index (χ1v) is 7.92. The SMILES string of the molecule is COc1ccc(CCNC(=O)Cc2ccc(Br)s2)cc1. The van der Waals surface area contributed by atoms with Crippen LogP contribution in [0.25, 0.3) is 0 Å². The third-order valence-electron chi connectivity index (χ3n) is 2.86. The monoisotopic (exact) mass is 353 g/mol. The van der Waals surface area contributed by atoms with Gasteiger partial charge in [0.15, 0.2) is 0 Å². The summed E-state index contributed by atoms with van der Waals surface area (Å²) >= 11 is 4.99. The molecule has 0 unspecified atom stereocenters. The minimum Gasteiger partial charge on any atom is -0.497 e. The second kappa shape index (κ2) is 7.45. The van der Waals surface area contributed by atoms with Crippen molar-refractivity contribution in [3.63, 3.8) is 0 Å². The molecular formula is C15H16BrNO2S. The van der Waals surface area contributed by atoms with Gasteiger partial charge in [0.2, 0.25) is 5.91 Å². The van der Waals surface area contributed by atoms with Crippen LogP contribution in [0.3, 0.4) is 0 Å². The minimum absolute atomic E-state index is 0.0628. The summed E-state index contributed by atoms with van der Waals surface area (Å²) in [4.78, 5) is 12.8. The number of carbonyl (C=O) groups excluding carboxylic acids is 1. The van der Waals surface area contributed by atoms with Crippen LogP contribution in [0, 0.1) is 0 Å². The number of hydrogen-bond acceptors (Lipinski definition) is 3. The molecule has 1 N–H and O–H groups in total. The Hall–Kier alpha value is -1.33. The second-order valence-corrected chi connectivity index (χ2v) is 6.88. The van der Waals surface area contributed by atoms with Crippen LogP contribution in [0.2, 0.25) is 0 Å². The van der Waals surface area contributed by atoms with Gasteiger partial charge in [-0.25, -0.2) is 0 Å². The molecule has 1 amide bonds. The first-order chi connectivity index (χ1) is 9.67. The maximum Gasteiger partial charge on any atom is 0.225 e. The van der Waals surface area contributed by atoms with Gasteiger partial charge in [0.25, 0.3) is 0 Å². The van der Waals surface area contributed by atoms with Crippen molar-refractivity contribution in [1.29, 1.82) is 0 Å². The van der Waals surface area contributed by atoms with E-state index in [1.165, 1.54) is 5.56 Å². The van der Waals surface area contributed by atoms with Crippen LogP contribution >= 0.6 is 27.3 Å². The summed E-state index contributed by atoms with van der Waals surface area (Å²) in [5.74, 6) is 0.911. The summed E-state index contributed by atoms with van der Waals surface area (Å²) in [6, 6.07) is 11.8. The zero-order valence-electron chi connectivity index (χ0n) is 11.2. The molecule has 20 heavy (non-hydrogen) atoms. The lowest BCUT2D eigenvalue weighted by Crippen LogP contribution is -2.26. The van der Waals surface area contributed by atoms with E-state index in [-0.39, 0.29) is 5.91 Å². The maximum atomic E-state index is 11.8. The Morgan fingerprint density at radius 2 is 2.00 bits per heavy atom. The van der Waals surface area contributed by atoms with Crippen LogP contribution in [0.15, 0.2) is 40.2 Å². The number of thiophene rings is 1. The van der Waals surface area contributed by atoms with E-state index in [0.29, 0.717) is 13.0 Å². The van der Waals surface area contributed by atoms with Crippen LogP contribution in [0.5, 0.6) is 5.75 Å². The predicted molar refractivity (Wildman–Crippen MR) is 85.4 cm³/mol. The Labute approximate surface area is 131 Å². The summed E-state index contributed by atoms with van der Waals surface area (Å²) < 4.78 is 6.16. The van der Waals surface area contributed by atoms with Crippen molar-refractivity contribution in [2.24, 2.45) is 0 Å². The third-order valence-corrected chi connectivity index (χ3v) is 4.48. The lowest BCUT2D eigenvalue weighted by atomic mass is 10.1. The fourth-order valence-corrected chi connectivity index (χ4v) is 3.29. The fraction of sp³-hybridized carbons (Fsp3) is 0.267. The number of methoxy groups -OCH3 is 1. The summed E-state index contributed by atoms with van der Waals surface area (Å²) in [6.07, 6.45) is 1.27. The molecule has 0 aliphatic heterocycles. The van der Waals surface area contributed by atoms with Crippen molar-refractivity contribution in [1.82, 2.24) is 5.32 Å². The predicted octanol–water partition coefficient (Wildman–Crippen LogP) is 3.42. The van der Waals surface area contributed by atoms with Crippen LogP contribution in [-0.2, 0) is 17.6 Å². The Balaban J connectivity index is 1.73. The Morgan fingerprint density at radius 3 is 2.60 bits per heavy atom. The van der Waals surface area contributed by atoms with E-state index in [1.807, 2.05) is 36.4 Å². The molecule has 1 heterocycles. The number of benzene rings is 1. The van der Waals surface area contributed by atoms with E-state index in [4.69, 9.17) is 4.74 Å². The number of hydrogen-bond donors (Lipinski definition) is 1. The quantitative estimate of drug-likeness (QED) is 0.863. The fourth-order valence-electron chi connectivity index (χ4n) is 1.81. The molecular weight excluding hydrogens is 338 g/mol. The van der Waals surface area contributed by atoms with E-state index >= 15 is 0 Å². The van der Waals surface area contributed by atoms with Crippen molar-refractivity contribution in [2.45, 2.75) is 12.8 Å². The first kappa shape index (κ1) is 15.1. The van der Waals surface area contributed by atoms with E-state index in [9.17, 15) is 4.79 Å². The zero-order chi connectivity index (χ0) is 14.4. The largest absolute Gasteiger partial charge is 0.497 e. The normalized spacial score (nSPS) is 10.3. The number of rotatable bonds is 6. The second-order valence-electron chi connectivity index (χ2n) is 4.33. The molecule has 5 heteroatoms. The average molecular weight is 354 g/mol. The van der Waals surface area contributed by atoms with E-state index in [0.717, 1.165) is 20.8 Å². The summed E-state index contributed by atoms with van der Waals surface area (Å²) in [5.41, 5.74) is 1.19. The lowest BCUT2D eigenvalue weighted by Gasteiger charge is -2.05. The van der Waals surface area contributed by atoms with Gasteiger partial charge in [-0.15, -0.1) is 11.3 Å². The van der Waals surface area contributed by atoms with Crippen LogP contribution in [-0.4, -0.2) is 19.6 Å². The molecule has 0 aliphatic carbocycles. The molecule has 1 aromatic heterocycles. The maximum absolute atomic E-state index is 11.8. The standard InChI is InChI=1S/C15H16BrNO2S/c1-19-12-4-2-11(3-5-12)8-9-17-15(18)10-13-6-7-14(16)20-13/h2-7H,8-10H2,1H3,(H,17,18).